The lowest BCUT2D eigenvalue weighted by Crippen LogP contribution is -2.54. The molecule has 2 amide bonds. The van der Waals surface area contributed by atoms with E-state index >= 15 is 0 Å². The van der Waals surface area contributed by atoms with Crippen molar-refractivity contribution < 1.29 is 4.79 Å². The second-order valence-electron chi connectivity index (χ2n) is 6.21. The van der Waals surface area contributed by atoms with Crippen LogP contribution in [0.25, 0.3) is 0 Å². The van der Waals surface area contributed by atoms with Gasteiger partial charge in [-0.1, -0.05) is 12.8 Å². The van der Waals surface area contributed by atoms with Gasteiger partial charge in [-0.25, -0.2) is 4.79 Å². The molecule has 0 aliphatic carbocycles. The summed E-state index contributed by atoms with van der Waals surface area (Å²) < 4.78 is 0. The maximum absolute atomic E-state index is 12.7. The van der Waals surface area contributed by atoms with Crippen molar-refractivity contribution in [3.8, 4) is 0 Å². The van der Waals surface area contributed by atoms with Crippen LogP contribution in [-0.2, 0) is 0 Å². The summed E-state index contributed by atoms with van der Waals surface area (Å²) in [7, 11) is 0. The van der Waals surface area contributed by atoms with E-state index < -0.39 is 0 Å². The molecule has 102 valence electrons. The number of amides is 2. The van der Waals surface area contributed by atoms with E-state index in [9.17, 15) is 4.79 Å². The maximum atomic E-state index is 12.7. The zero-order valence-corrected chi connectivity index (χ0v) is 11.2. The smallest absolute Gasteiger partial charge is 0.320 e. The minimum atomic E-state index is 0.302. The summed E-state index contributed by atoms with van der Waals surface area (Å²) in [6, 6.07) is 1.47. The van der Waals surface area contributed by atoms with Gasteiger partial charge in [-0.2, -0.15) is 0 Å². The second-order valence-corrected chi connectivity index (χ2v) is 6.21. The highest BCUT2D eigenvalue weighted by molar-refractivity contribution is 5.75. The van der Waals surface area contributed by atoms with Crippen molar-refractivity contribution >= 4 is 6.03 Å². The summed E-state index contributed by atoms with van der Waals surface area (Å²) in [5, 5.41) is 0. The molecule has 3 aliphatic rings. The summed E-state index contributed by atoms with van der Waals surface area (Å²) in [6.45, 7) is 1.92. The molecule has 2 atom stereocenters. The second kappa shape index (κ2) is 5.08. The monoisotopic (exact) mass is 251 g/mol. The number of nitrogens with two attached hydrogens (primary N) is 1. The minimum absolute atomic E-state index is 0.302. The summed E-state index contributed by atoms with van der Waals surface area (Å²) >= 11 is 0. The molecule has 3 heterocycles. The molecule has 0 aromatic rings. The summed E-state index contributed by atoms with van der Waals surface area (Å²) in [5.41, 5.74) is 6.07. The predicted molar refractivity (Wildman–Crippen MR) is 71.3 cm³/mol. The van der Waals surface area contributed by atoms with Crippen molar-refractivity contribution in [1.82, 2.24) is 9.80 Å². The standard InChI is InChI=1S/C14H25N3O/c15-11-9-12-5-6-13(10-11)17(12)14(18)16-7-3-1-2-4-8-16/h11-13H,1-10,15H2. The zero-order chi connectivity index (χ0) is 12.5. The van der Waals surface area contributed by atoms with E-state index in [1.807, 2.05) is 0 Å². The molecule has 2 bridgehead atoms. The van der Waals surface area contributed by atoms with Gasteiger partial charge in [-0.15, -0.1) is 0 Å². The molecule has 3 saturated heterocycles. The maximum Gasteiger partial charge on any atom is 0.320 e. The van der Waals surface area contributed by atoms with Crippen LogP contribution in [0, 0.1) is 0 Å². The fourth-order valence-electron chi connectivity index (χ4n) is 3.96. The number of likely N-dealkylation sites (tertiary alicyclic amines) is 1. The third kappa shape index (κ3) is 2.22. The fraction of sp³-hybridized carbons (Fsp3) is 0.929. The van der Waals surface area contributed by atoms with Crippen LogP contribution in [-0.4, -0.2) is 47.0 Å². The van der Waals surface area contributed by atoms with Crippen LogP contribution in [0.2, 0.25) is 0 Å². The van der Waals surface area contributed by atoms with Crippen molar-refractivity contribution in [2.45, 2.75) is 69.5 Å². The Morgan fingerprint density at radius 1 is 0.944 bits per heavy atom. The normalized spacial score (nSPS) is 36.6. The number of hydrogen-bond donors (Lipinski definition) is 1. The molecule has 2 unspecified atom stereocenters. The predicted octanol–water partition coefficient (Wildman–Crippen LogP) is 1.94. The summed E-state index contributed by atoms with van der Waals surface area (Å²) in [4.78, 5) is 17.0. The Hall–Kier alpha value is -0.770. The molecule has 2 N–H and O–H groups in total. The van der Waals surface area contributed by atoms with Crippen LogP contribution >= 0.6 is 0 Å². The van der Waals surface area contributed by atoms with Gasteiger partial charge >= 0.3 is 6.03 Å². The molecule has 0 aromatic heterocycles. The molecule has 18 heavy (non-hydrogen) atoms. The fourth-order valence-corrected chi connectivity index (χ4v) is 3.96. The van der Waals surface area contributed by atoms with Crippen molar-refractivity contribution in [3.63, 3.8) is 0 Å². The van der Waals surface area contributed by atoms with Gasteiger partial charge in [0.05, 0.1) is 0 Å². The Kier molecular flexibility index (Phi) is 3.46. The molecule has 3 rings (SSSR count). The average Bonchev–Trinajstić information content (AvgIpc) is 2.59. The number of fused-ring (bicyclic) bond motifs is 2. The van der Waals surface area contributed by atoms with E-state index in [4.69, 9.17) is 5.73 Å². The number of carbonyl (C=O) groups is 1. The van der Waals surface area contributed by atoms with Gasteiger partial charge in [-0.3, -0.25) is 0 Å². The van der Waals surface area contributed by atoms with Crippen molar-refractivity contribution in [1.29, 1.82) is 0 Å². The lowest BCUT2D eigenvalue weighted by atomic mass is 9.98. The van der Waals surface area contributed by atoms with Gasteiger partial charge in [0, 0.05) is 31.2 Å². The Balaban J connectivity index is 1.68. The highest BCUT2D eigenvalue weighted by atomic mass is 16.2. The highest BCUT2D eigenvalue weighted by Gasteiger charge is 2.43. The lowest BCUT2D eigenvalue weighted by Gasteiger charge is -2.40. The van der Waals surface area contributed by atoms with Gasteiger partial charge in [0.15, 0.2) is 0 Å². The summed E-state index contributed by atoms with van der Waals surface area (Å²) in [6.07, 6.45) is 9.26. The van der Waals surface area contributed by atoms with E-state index in [2.05, 4.69) is 9.80 Å². The van der Waals surface area contributed by atoms with Crippen LogP contribution in [0.4, 0.5) is 4.79 Å². The average molecular weight is 251 g/mol. The Morgan fingerprint density at radius 2 is 1.50 bits per heavy atom. The van der Waals surface area contributed by atoms with Crippen LogP contribution < -0.4 is 5.73 Å². The molecule has 0 spiro atoms. The first-order valence-electron chi connectivity index (χ1n) is 7.58. The Morgan fingerprint density at radius 3 is 2.06 bits per heavy atom. The highest BCUT2D eigenvalue weighted by Crippen LogP contribution is 2.36. The number of rotatable bonds is 0. The molecule has 4 nitrogen and oxygen atoms in total. The first-order valence-corrected chi connectivity index (χ1v) is 7.58. The van der Waals surface area contributed by atoms with Gasteiger partial charge in [0.25, 0.3) is 0 Å². The van der Waals surface area contributed by atoms with Crippen LogP contribution in [0.3, 0.4) is 0 Å². The first kappa shape index (κ1) is 12.3. The van der Waals surface area contributed by atoms with Crippen LogP contribution in [0.15, 0.2) is 0 Å². The lowest BCUT2D eigenvalue weighted by molar-refractivity contribution is 0.107. The molecule has 0 radical (unpaired) electrons. The van der Waals surface area contributed by atoms with Gasteiger partial charge < -0.3 is 15.5 Å². The molecule has 4 heteroatoms. The van der Waals surface area contributed by atoms with Crippen molar-refractivity contribution in [3.05, 3.63) is 0 Å². The topological polar surface area (TPSA) is 49.6 Å². The van der Waals surface area contributed by atoms with Gasteiger partial charge in [-0.05, 0) is 38.5 Å². The molecule has 0 aromatic carbocycles. The molecular weight excluding hydrogens is 226 g/mol. The molecule has 3 aliphatic heterocycles. The Bertz CT molecular complexity index is 298. The quantitative estimate of drug-likeness (QED) is 0.715. The molecule has 3 fully saturated rings. The Labute approximate surface area is 109 Å². The van der Waals surface area contributed by atoms with E-state index in [0.717, 1.165) is 38.8 Å². The van der Waals surface area contributed by atoms with E-state index in [1.165, 1.54) is 25.7 Å². The van der Waals surface area contributed by atoms with Crippen molar-refractivity contribution in [2.24, 2.45) is 5.73 Å². The van der Waals surface area contributed by atoms with E-state index in [-0.39, 0.29) is 0 Å². The number of carbonyl (C=O) groups excluding carboxylic acids is 1. The van der Waals surface area contributed by atoms with Crippen LogP contribution in [0.1, 0.15) is 51.4 Å². The number of hydrogen-bond acceptors (Lipinski definition) is 2. The summed E-state index contributed by atoms with van der Waals surface area (Å²) in [5.74, 6) is 0. The van der Waals surface area contributed by atoms with Gasteiger partial charge in [0.1, 0.15) is 0 Å². The third-order valence-corrected chi connectivity index (χ3v) is 4.87. The molecule has 0 saturated carbocycles. The van der Waals surface area contributed by atoms with E-state index in [0.29, 0.717) is 24.2 Å². The molecular formula is C14H25N3O. The number of piperidine rings is 1. The number of nitrogens with zero attached hydrogens (tertiary/aromatic N) is 2. The SMILES string of the molecule is NC1CC2CCC(C1)N2C(=O)N1CCCCCC1. The number of urea groups is 1. The minimum Gasteiger partial charge on any atom is -0.328 e. The van der Waals surface area contributed by atoms with Crippen LogP contribution in [0.5, 0.6) is 0 Å². The zero-order valence-electron chi connectivity index (χ0n) is 11.2. The van der Waals surface area contributed by atoms with E-state index in [1.54, 1.807) is 0 Å². The largest absolute Gasteiger partial charge is 0.328 e. The van der Waals surface area contributed by atoms with Crippen molar-refractivity contribution in [2.75, 3.05) is 13.1 Å². The first-order chi connectivity index (χ1) is 8.75. The third-order valence-electron chi connectivity index (χ3n) is 4.87. The van der Waals surface area contributed by atoms with Gasteiger partial charge in [0.2, 0.25) is 0 Å².